The zero-order chi connectivity index (χ0) is 25.4. The van der Waals surface area contributed by atoms with E-state index in [1.807, 2.05) is 37.3 Å². The van der Waals surface area contributed by atoms with Crippen LogP contribution in [-0.4, -0.2) is 56.4 Å². The molecule has 4 bridgehead atoms. The summed E-state index contributed by atoms with van der Waals surface area (Å²) in [4.78, 5) is 16.4. The van der Waals surface area contributed by atoms with E-state index in [0.29, 0.717) is 24.1 Å². The second kappa shape index (κ2) is 9.78. The van der Waals surface area contributed by atoms with Crippen LogP contribution in [0.1, 0.15) is 41.4 Å². The van der Waals surface area contributed by atoms with Gasteiger partial charge in [0.05, 0.1) is 12.3 Å². The molecule has 0 aliphatic carbocycles. The van der Waals surface area contributed by atoms with Gasteiger partial charge in [0.2, 0.25) is 5.95 Å². The fraction of sp³-hybridized carbons (Fsp3) is 0.333. The molecule has 9 nitrogen and oxygen atoms in total. The lowest BCUT2D eigenvalue weighted by atomic mass is 9.89. The van der Waals surface area contributed by atoms with Gasteiger partial charge in [0.25, 0.3) is 0 Å². The zero-order valence-corrected chi connectivity index (χ0v) is 20.9. The fourth-order valence-corrected chi connectivity index (χ4v) is 4.94. The molecule has 6 rings (SSSR count). The van der Waals surface area contributed by atoms with Crippen molar-refractivity contribution in [1.82, 2.24) is 29.6 Å². The third-order valence-corrected chi connectivity index (χ3v) is 6.75. The van der Waals surface area contributed by atoms with Crippen LogP contribution in [0.15, 0.2) is 48.8 Å². The first-order valence-corrected chi connectivity index (χ1v) is 12.5. The molecule has 37 heavy (non-hydrogen) atoms. The standard InChI is InChI=1S/C27H29FN8O/c1-17-30-16-36(34-17)23-10-9-20-13-24(23)37-12-4-3-11-29-26-22-15-35(2)14-21(18-5-7-19(28)8-6-18)25(22)32-27(31-20)33-26/h5-10,13,16,21H,3-4,11-12,14-15H2,1-2H3,(H2,29,31,32,33). The summed E-state index contributed by atoms with van der Waals surface area (Å²) in [5.74, 6) is 2.51. The summed E-state index contributed by atoms with van der Waals surface area (Å²) in [6.07, 6.45) is 3.50. The van der Waals surface area contributed by atoms with Crippen LogP contribution in [0.25, 0.3) is 5.69 Å². The molecule has 190 valence electrons. The smallest absolute Gasteiger partial charge is 0.229 e. The first kappa shape index (κ1) is 23.4. The van der Waals surface area contributed by atoms with Crippen LogP contribution in [0.3, 0.4) is 0 Å². The van der Waals surface area contributed by atoms with E-state index in [1.54, 1.807) is 11.0 Å². The molecule has 0 saturated carbocycles. The molecule has 1 unspecified atom stereocenters. The molecule has 0 amide bonds. The highest BCUT2D eigenvalue weighted by molar-refractivity contribution is 5.64. The molecule has 2 N–H and O–H groups in total. The van der Waals surface area contributed by atoms with Gasteiger partial charge in [-0.25, -0.2) is 19.0 Å². The van der Waals surface area contributed by atoms with E-state index in [9.17, 15) is 4.39 Å². The molecule has 4 aromatic rings. The van der Waals surface area contributed by atoms with Gasteiger partial charge in [0.15, 0.2) is 0 Å². The molecule has 2 aliphatic heterocycles. The second-order valence-corrected chi connectivity index (χ2v) is 9.59. The van der Waals surface area contributed by atoms with Crippen LogP contribution in [0.4, 0.5) is 21.8 Å². The molecule has 0 saturated heterocycles. The van der Waals surface area contributed by atoms with Gasteiger partial charge in [-0.3, -0.25) is 0 Å². The molecule has 10 heteroatoms. The molecule has 2 aliphatic rings. The Hall–Kier alpha value is -4.05. The van der Waals surface area contributed by atoms with Crippen molar-refractivity contribution < 1.29 is 9.13 Å². The maximum absolute atomic E-state index is 13.7. The average Bonchev–Trinajstić information content (AvgIpc) is 3.32. The van der Waals surface area contributed by atoms with Gasteiger partial charge in [-0.15, -0.1) is 0 Å². The topological polar surface area (TPSA) is 93.0 Å². The SMILES string of the molecule is Cc1ncn(-c2ccc3cc2OCCCCNc2nc(nc4c2CN(C)CC4c2ccc(F)cc2)N3)n1. The number of likely N-dealkylation sites (N-methyl/N-ethyl adjacent to an activating group) is 1. The van der Waals surface area contributed by atoms with Gasteiger partial charge in [0.1, 0.15) is 35.2 Å². The van der Waals surface area contributed by atoms with Crippen LogP contribution < -0.4 is 15.4 Å². The minimum Gasteiger partial charge on any atom is -0.491 e. The second-order valence-electron chi connectivity index (χ2n) is 9.59. The summed E-state index contributed by atoms with van der Waals surface area (Å²) in [5, 5.41) is 11.4. The predicted molar refractivity (Wildman–Crippen MR) is 139 cm³/mol. The van der Waals surface area contributed by atoms with Crippen LogP contribution in [0, 0.1) is 12.7 Å². The fourth-order valence-electron chi connectivity index (χ4n) is 4.94. The molecule has 2 aromatic heterocycles. The maximum Gasteiger partial charge on any atom is 0.229 e. The van der Waals surface area contributed by atoms with E-state index < -0.39 is 0 Å². The quantitative estimate of drug-likeness (QED) is 0.418. The predicted octanol–water partition coefficient (Wildman–Crippen LogP) is 4.41. The number of fused-ring (bicyclic) bond motifs is 6. The van der Waals surface area contributed by atoms with E-state index in [4.69, 9.17) is 14.7 Å². The average molecular weight is 501 g/mol. The number of hydrogen-bond acceptors (Lipinski definition) is 8. The lowest BCUT2D eigenvalue weighted by Crippen LogP contribution is -2.33. The first-order valence-electron chi connectivity index (χ1n) is 12.5. The molecule has 0 spiro atoms. The third kappa shape index (κ3) is 4.84. The van der Waals surface area contributed by atoms with Crippen molar-refractivity contribution in [1.29, 1.82) is 0 Å². The molecular weight excluding hydrogens is 471 g/mol. The molecule has 0 fully saturated rings. The van der Waals surface area contributed by atoms with Crippen LogP contribution >= 0.6 is 0 Å². The minimum atomic E-state index is -0.242. The largest absolute Gasteiger partial charge is 0.491 e. The molecule has 4 heterocycles. The maximum atomic E-state index is 13.7. The lowest BCUT2D eigenvalue weighted by molar-refractivity contribution is 0.291. The number of benzene rings is 2. The van der Waals surface area contributed by atoms with Gasteiger partial charge in [0, 0.05) is 42.9 Å². The Bertz CT molecular complexity index is 1420. The highest BCUT2D eigenvalue weighted by Gasteiger charge is 2.30. The molecule has 2 aromatic carbocycles. The van der Waals surface area contributed by atoms with Crippen molar-refractivity contribution in [2.45, 2.75) is 32.2 Å². The monoisotopic (exact) mass is 500 g/mol. The Morgan fingerprint density at radius 1 is 1.08 bits per heavy atom. The number of halogens is 1. The number of anilines is 3. The van der Waals surface area contributed by atoms with Gasteiger partial charge >= 0.3 is 0 Å². The minimum absolute atomic E-state index is 0.00552. The number of aryl methyl sites for hydroxylation is 1. The van der Waals surface area contributed by atoms with Gasteiger partial charge < -0.3 is 20.3 Å². The van der Waals surface area contributed by atoms with Gasteiger partial charge in [-0.2, -0.15) is 10.1 Å². The van der Waals surface area contributed by atoms with Crippen LogP contribution in [0.2, 0.25) is 0 Å². The van der Waals surface area contributed by atoms with E-state index in [2.05, 4.69) is 32.7 Å². The number of aromatic nitrogens is 5. The molecular formula is C27H29FN8O. The van der Waals surface area contributed by atoms with Crippen molar-refractivity contribution in [2.75, 3.05) is 37.4 Å². The zero-order valence-electron chi connectivity index (χ0n) is 20.9. The number of nitrogens with one attached hydrogen (secondary N) is 2. The summed E-state index contributed by atoms with van der Waals surface area (Å²) in [6.45, 7) is 4.75. The Labute approximate surface area is 214 Å². The van der Waals surface area contributed by atoms with E-state index in [-0.39, 0.29) is 11.7 Å². The van der Waals surface area contributed by atoms with Crippen LogP contribution in [0.5, 0.6) is 5.75 Å². The normalized spacial score (nSPS) is 17.8. The summed E-state index contributed by atoms with van der Waals surface area (Å²) in [6, 6.07) is 12.6. The van der Waals surface area contributed by atoms with Crippen molar-refractivity contribution >= 4 is 17.5 Å². The van der Waals surface area contributed by atoms with E-state index in [0.717, 1.165) is 66.5 Å². The van der Waals surface area contributed by atoms with Crippen molar-refractivity contribution in [3.05, 3.63) is 77.3 Å². The van der Waals surface area contributed by atoms with Crippen molar-refractivity contribution in [2.24, 2.45) is 0 Å². The Kier molecular flexibility index (Phi) is 6.17. The summed E-state index contributed by atoms with van der Waals surface area (Å²) < 4.78 is 21.6. The van der Waals surface area contributed by atoms with Crippen LogP contribution in [-0.2, 0) is 6.54 Å². The van der Waals surface area contributed by atoms with Crippen molar-refractivity contribution in [3.8, 4) is 11.4 Å². The number of nitrogens with zero attached hydrogens (tertiary/aromatic N) is 6. The van der Waals surface area contributed by atoms with Crippen molar-refractivity contribution in [3.63, 3.8) is 0 Å². The molecule has 0 radical (unpaired) electrons. The summed E-state index contributed by atoms with van der Waals surface area (Å²) in [7, 11) is 2.09. The summed E-state index contributed by atoms with van der Waals surface area (Å²) >= 11 is 0. The van der Waals surface area contributed by atoms with E-state index >= 15 is 0 Å². The third-order valence-electron chi connectivity index (χ3n) is 6.75. The van der Waals surface area contributed by atoms with Gasteiger partial charge in [-0.05, 0) is 56.6 Å². The highest BCUT2D eigenvalue weighted by Crippen LogP contribution is 2.36. The van der Waals surface area contributed by atoms with E-state index in [1.165, 1.54) is 12.1 Å². The number of hydrogen-bond donors (Lipinski definition) is 2. The number of ether oxygens (including phenoxy) is 1. The highest BCUT2D eigenvalue weighted by atomic mass is 19.1. The Morgan fingerprint density at radius 2 is 1.95 bits per heavy atom. The molecule has 1 atom stereocenters. The summed E-state index contributed by atoms with van der Waals surface area (Å²) in [5.41, 5.74) is 4.71. The Balaban J connectivity index is 1.42. The Morgan fingerprint density at radius 3 is 2.76 bits per heavy atom. The number of rotatable bonds is 2. The lowest BCUT2D eigenvalue weighted by Gasteiger charge is -2.33. The van der Waals surface area contributed by atoms with Gasteiger partial charge in [-0.1, -0.05) is 12.1 Å². The first-order chi connectivity index (χ1) is 18.0.